The molecule has 0 saturated heterocycles. The molecule has 11 heteroatoms. The second-order valence-electron chi connectivity index (χ2n) is 5.04. The number of aromatic nitrogens is 1. The van der Waals surface area contributed by atoms with Gasteiger partial charge in [0.2, 0.25) is 5.88 Å². The number of sulfonamides is 1. The zero-order valence-corrected chi connectivity index (χ0v) is 15.0. The zero-order valence-electron chi connectivity index (χ0n) is 14.2. The quantitative estimate of drug-likeness (QED) is 0.607. The van der Waals surface area contributed by atoms with Crippen LogP contribution in [0.25, 0.3) is 0 Å². The normalized spacial score (nSPS) is 10.7. The molecule has 27 heavy (non-hydrogen) atoms. The highest BCUT2D eigenvalue weighted by atomic mass is 32.2. The summed E-state index contributed by atoms with van der Waals surface area (Å²) in [5.41, 5.74) is -0.0461. The first kappa shape index (κ1) is 20.1. The average molecular weight is 395 g/mol. The molecule has 0 radical (unpaired) electrons. The maximum absolute atomic E-state index is 12.2. The topological polar surface area (TPSA) is 144 Å². The fraction of sp³-hybridized carbons (Fsp3) is 0.188. The number of benzene rings is 1. The molecule has 0 aliphatic rings. The summed E-state index contributed by atoms with van der Waals surface area (Å²) in [5.74, 6) is -0.516. The summed E-state index contributed by atoms with van der Waals surface area (Å²) in [6, 6.07) is 7.99. The lowest BCUT2D eigenvalue weighted by molar-refractivity contribution is 0.0981. The third-order valence-electron chi connectivity index (χ3n) is 3.17. The molecule has 1 aromatic heterocycles. The Bertz CT molecular complexity index is 897. The van der Waals surface area contributed by atoms with Crippen molar-refractivity contribution in [3.63, 3.8) is 0 Å². The molecule has 0 atom stereocenters. The van der Waals surface area contributed by atoms with Crippen LogP contribution >= 0.6 is 0 Å². The number of carbonyl (C=O) groups is 2. The van der Waals surface area contributed by atoms with Crippen molar-refractivity contribution in [3.05, 3.63) is 48.2 Å². The summed E-state index contributed by atoms with van der Waals surface area (Å²) in [5, 5.41) is 10.9. The smallest absolute Gasteiger partial charge is 0.414 e. The number of hydrogen-bond acceptors (Lipinski definition) is 8. The molecule has 1 aromatic carbocycles. The lowest BCUT2D eigenvalue weighted by Gasteiger charge is -2.08. The van der Waals surface area contributed by atoms with Crippen LogP contribution in [0, 0.1) is 0 Å². The Morgan fingerprint density at radius 2 is 1.85 bits per heavy atom. The van der Waals surface area contributed by atoms with Gasteiger partial charge in [-0.15, -0.1) is 0 Å². The van der Waals surface area contributed by atoms with Crippen LogP contribution in [0.4, 0.5) is 4.79 Å². The Morgan fingerprint density at radius 3 is 2.41 bits per heavy atom. The van der Waals surface area contributed by atoms with Gasteiger partial charge < -0.3 is 19.9 Å². The van der Waals surface area contributed by atoms with E-state index in [0.29, 0.717) is 5.75 Å². The van der Waals surface area contributed by atoms with E-state index in [1.165, 1.54) is 43.5 Å². The van der Waals surface area contributed by atoms with E-state index in [9.17, 15) is 18.0 Å². The van der Waals surface area contributed by atoms with Crippen LogP contribution in [0.1, 0.15) is 10.4 Å². The van der Waals surface area contributed by atoms with Gasteiger partial charge in [-0.2, -0.15) is 0 Å². The number of hydrogen-bond donors (Lipinski definition) is 3. The largest absolute Gasteiger partial charge is 0.497 e. The monoisotopic (exact) mass is 395 g/mol. The van der Waals surface area contributed by atoms with Crippen LogP contribution in [-0.2, 0) is 10.0 Å². The molecule has 0 bridgehead atoms. The highest BCUT2D eigenvalue weighted by Crippen LogP contribution is 2.16. The molecule has 3 N–H and O–H groups in total. The highest BCUT2D eigenvalue weighted by Gasteiger charge is 2.19. The minimum Gasteiger partial charge on any atom is -0.497 e. The summed E-state index contributed by atoms with van der Waals surface area (Å²) in [7, 11) is -2.63. The lowest BCUT2D eigenvalue weighted by atomic mass is 10.3. The molecule has 10 nitrogen and oxygen atoms in total. The Hall–Kier alpha value is -3.18. The van der Waals surface area contributed by atoms with Gasteiger partial charge in [-0.1, -0.05) is 0 Å². The maximum atomic E-state index is 12.2. The SMILES string of the molecule is COc1ccc(S(=O)(=O)NC(=O)c2ccc(OC(=O)NCCO)nc2)cc1. The minimum absolute atomic E-state index is 0.0164. The maximum Gasteiger partial charge on any atom is 0.414 e. The van der Waals surface area contributed by atoms with E-state index in [1.54, 1.807) is 0 Å². The van der Waals surface area contributed by atoms with Crippen molar-refractivity contribution in [2.45, 2.75) is 4.90 Å². The lowest BCUT2D eigenvalue weighted by Crippen LogP contribution is -2.31. The van der Waals surface area contributed by atoms with Crippen molar-refractivity contribution in [2.75, 3.05) is 20.3 Å². The van der Waals surface area contributed by atoms with Crippen molar-refractivity contribution in [1.82, 2.24) is 15.0 Å². The molecule has 0 fully saturated rings. The van der Waals surface area contributed by atoms with Gasteiger partial charge in [0.1, 0.15) is 5.75 Å². The average Bonchev–Trinajstić information content (AvgIpc) is 2.66. The van der Waals surface area contributed by atoms with Crippen LogP contribution in [-0.4, -0.2) is 50.8 Å². The molecule has 0 aliphatic carbocycles. The summed E-state index contributed by atoms with van der Waals surface area (Å²) >= 11 is 0. The molecular weight excluding hydrogens is 378 g/mol. The number of carbonyl (C=O) groups excluding carboxylic acids is 2. The Kier molecular flexibility index (Phi) is 6.68. The van der Waals surface area contributed by atoms with Gasteiger partial charge in [0.15, 0.2) is 0 Å². The van der Waals surface area contributed by atoms with Crippen molar-refractivity contribution >= 4 is 22.0 Å². The Balaban J connectivity index is 2.03. The van der Waals surface area contributed by atoms with E-state index in [-0.39, 0.29) is 29.5 Å². The van der Waals surface area contributed by atoms with Crippen molar-refractivity contribution < 1.29 is 32.6 Å². The predicted molar refractivity (Wildman–Crippen MR) is 93.0 cm³/mol. The highest BCUT2D eigenvalue weighted by molar-refractivity contribution is 7.90. The van der Waals surface area contributed by atoms with Crippen LogP contribution in [0.5, 0.6) is 11.6 Å². The summed E-state index contributed by atoms with van der Waals surface area (Å²) < 4.78 is 36.2. The number of nitrogens with zero attached hydrogens (tertiary/aromatic N) is 1. The molecule has 1 heterocycles. The first-order valence-corrected chi connectivity index (χ1v) is 9.08. The van der Waals surface area contributed by atoms with Gasteiger partial charge in [-0.05, 0) is 30.3 Å². The van der Waals surface area contributed by atoms with Crippen molar-refractivity contribution in [1.29, 1.82) is 0 Å². The van der Waals surface area contributed by atoms with E-state index in [0.717, 1.165) is 6.20 Å². The summed E-state index contributed by atoms with van der Waals surface area (Å²) in [6.07, 6.45) is 0.240. The van der Waals surface area contributed by atoms with Crippen LogP contribution in [0.2, 0.25) is 0 Å². The number of rotatable bonds is 7. The Labute approximate surface area is 155 Å². The molecule has 0 spiro atoms. The first-order chi connectivity index (χ1) is 12.9. The van der Waals surface area contributed by atoms with Gasteiger partial charge >= 0.3 is 6.09 Å². The summed E-state index contributed by atoms with van der Waals surface area (Å²) in [6.45, 7) is -0.229. The first-order valence-electron chi connectivity index (χ1n) is 7.59. The number of nitrogens with one attached hydrogen (secondary N) is 2. The zero-order chi connectivity index (χ0) is 19.9. The predicted octanol–water partition coefficient (Wildman–Crippen LogP) is 0.290. The number of pyridine rings is 1. The van der Waals surface area contributed by atoms with Crippen molar-refractivity contribution in [2.24, 2.45) is 0 Å². The van der Waals surface area contributed by atoms with Crippen LogP contribution in [0.15, 0.2) is 47.5 Å². The van der Waals surface area contributed by atoms with E-state index < -0.39 is 22.0 Å². The third-order valence-corrected chi connectivity index (χ3v) is 4.52. The third kappa shape index (κ3) is 5.66. The molecule has 0 aliphatic heterocycles. The van der Waals surface area contributed by atoms with Gasteiger partial charge in [-0.3, -0.25) is 4.79 Å². The Morgan fingerprint density at radius 1 is 1.15 bits per heavy atom. The van der Waals surface area contributed by atoms with Gasteiger partial charge in [0, 0.05) is 18.8 Å². The standard InChI is InChI=1S/C16H17N3O7S/c1-25-12-3-5-13(6-4-12)27(23,24)19-15(21)11-2-7-14(18-10-11)26-16(22)17-8-9-20/h2-7,10,20H,8-9H2,1H3,(H,17,22)(H,19,21). The fourth-order valence-corrected chi connectivity index (χ4v) is 2.83. The second-order valence-corrected chi connectivity index (χ2v) is 6.72. The van der Waals surface area contributed by atoms with Crippen molar-refractivity contribution in [3.8, 4) is 11.6 Å². The van der Waals surface area contributed by atoms with Crippen LogP contribution < -0.4 is 19.5 Å². The molecule has 2 aromatic rings. The number of methoxy groups -OCH3 is 1. The minimum atomic E-state index is -4.07. The molecular formula is C16H17N3O7S. The van der Waals surface area contributed by atoms with Gasteiger partial charge in [-0.25, -0.2) is 22.9 Å². The second kappa shape index (κ2) is 8.96. The van der Waals surface area contributed by atoms with Gasteiger partial charge in [0.25, 0.3) is 15.9 Å². The molecule has 2 amide bonds. The molecule has 2 rings (SSSR count). The van der Waals surface area contributed by atoms with E-state index >= 15 is 0 Å². The number of aliphatic hydroxyl groups is 1. The molecule has 144 valence electrons. The number of aliphatic hydroxyl groups excluding tert-OH is 1. The van der Waals surface area contributed by atoms with E-state index in [1.807, 2.05) is 4.72 Å². The fourth-order valence-electron chi connectivity index (χ4n) is 1.86. The molecule has 0 unspecified atom stereocenters. The number of amides is 2. The van der Waals surface area contributed by atoms with Crippen LogP contribution in [0.3, 0.4) is 0 Å². The summed E-state index contributed by atoms with van der Waals surface area (Å²) in [4.78, 5) is 27.1. The molecule has 0 saturated carbocycles. The number of ether oxygens (including phenoxy) is 2. The van der Waals surface area contributed by atoms with Gasteiger partial charge in [0.05, 0.1) is 24.2 Å². The van der Waals surface area contributed by atoms with E-state index in [4.69, 9.17) is 14.6 Å². The van der Waals surface area contributed by atoms with E-state index in [2.05, 4.69) is 10.3 Å².